The standard InChI is InChI=1S/C12H24N2O2S/c1-11(2)17(15,16)14-8-4-6-12(10-14)5-3-7-13-9-12/h11,13H,3-10H2,1-2H3/t12-/m1/s1. The molecule has 0 saturated carbocycles. The first kappa shape index (κ1) is 13.3. The van der Waals surface area contributed by atoms with E-state index in [-0.39, 0.29) is 10.7 Å². The van der Waals surface area contributed by atoms with E-state index >= 15 is 0 Å². The molecular weight excluding hydrogens is 236 g/mol. The number of nitrogens with zero attached hydrogens (tertiary/aromatic N) is 1. The summed E-state index contributed by atoms with van der Waals surface area (Å²) in [6.45, 7) is 7.05. The van der Waals surface area contributed by atoms with Crippen LogP contribution in [0.15, 0.2) is 0 Å². The second-order valence-corrected chi connectivity index (χ2v) is 8.30. The van der Waals surface area contributed by atoms with E-state index in [4.69, 9.17) is 0 Å². The fourth-order valence-electron chi connectivity index (χ4n) is 3.06. The number of hydrogen-bond acceptors (Lipinski definition) is 3. The van der Waals surface area contributed by atoms with Crippen LogP contribution in [0.4, 0.5) is 0 Å². The summed E-state index contributed by atoms with van der Waals surface area (Å²) in [5.74, 6) is 0. The second kappa shape index (κ2) is 4.86. The molecule has 2 aliphatic rings. The molecule has 0 radical (unpaired) electrons. The average molecular weight is 260 g/mol. The first-order valence-electron chi connectivity index (χ1n) is 6.66. The molecular formula is C12H24N2O2S. The average Bonchev–Trinajstić information content (AvgIpc) is 2.30. The van der Waals surface area contributed by atoms with Gasteiger partial charge in [-0.2, -0.15) is 0 Å². The van der Waals surface area contributed by atoms with Crippen LogP contribution in [-0.4, -0.2) is 44.2 Å². The van der Waals surface area contributed by atoms with E-state index in [0.717, 1.165) is 26.1 Å². The molecule has 0 aromatic carbocycles. The van der Waals surface area contributed by atoms with Gasteiger partial charge in [0.2, 0.25) is 10.0 Å². The Hall–Kier alpha value is -0.130. The van der Waals surface area contributed by atoms with E-state index in [1.165, 1.54) is 19.3 Å². The Kier molecular flexibility index (Phi) is 3.80. The van der Waals surface area contributed by atoms with Crippen LogP contribution in [-0.2, 0) is 10.0 Å². The Morgan fingerprint density at radius 2 is 1.94 bits per heavy atom. The highest BCUT2D eigenvalue weighted by atomic mass is 32.2. The molecule has 1 N–H and O–H groups in total. The minimum atomic E-state index is -3.07. The molecule has 2 rings (SSSR count). The van der Waals surface area contributed by atoms with Gasteiger partial charge in [0, 0.05) is 19.6 Å². The van der Waals surface area contributed by atoms with Gasteiger partial charge < -0.3 is 5.32 Å². The van der Waals surface area contributed by atoms with Gasteiger partial charge in [0.25, 0.3) is 0 Å². The van der Waals surface area contributed by atoms with Gasteiger partial charge in [-0.15, -0.1) is 0 Å². The molecule has 4 nitrogen and oxygen atoms in total. The zero-order valence-corrected chi connectivity index (χ0v) is 11.7. The third-order valence-corrected chi connectivity index (χ3v) is 6.37. The maximum atomic E-state index is 12.2. The highest BCUT2D eigenvalue weighted by molar-refractivity contribution is 7.89. The molecule has 1 spiro atoms. The molecule has 2 heterocycles. The van der Waals surface area contributed by atoms with Gasteiger partial charge in [0.15, 0.2) is 0 Å². The molecule has 0 amide bonds. The van der Waals surface area contributed by atoms with Crippen LogP contribution in [0.5, 0.6) is 0 Å². The van der Waals surface area contributed by atoms with Crippen molar-refractivity contribution >= 4 is 10.0 Å². The topological polar surface area (TPSA) is 49.4 Å². The SMILES string of the molecule is CC(C)S(=O)(=O)N1CCC[C@@]2(CCCNC2)C1. The minimum absolute atomic E-state index is 0.207. The number of piperidine rings is 2. The predicted molar refractivity (Wildman–Crippen MR) is 69.4 cm³/mol. The summed E-state index contributed by atoms with van der Waals surface area (Å²) in [6.07, 6.45) is 4.53. The molecule has 5 heteroatoms. The van der Waals surface area contributed by atoms with Gasteiger partial charge in [-0.25, -0.2) is 12.7 Å². The third-order valence-electron chi connectivity index (χ3n) is 4.14. The van der Waals surface area contributed by atoms with E-state index < -0.39 is 10.0 Å². The largest absolute Gasteiger partial charge is 0.316 e. The molecule has 2 aliphatic heterocycles. The van der Waals surface area contributed by atoms with Crippen molar-refractivity contribution in [2.75, 3.05) is 26.2 Å². The lowest BCUT2D eigenvalue weighted by molar-refractivity contribution is 0.110. The van der Waals surface area contributed by atoms with Crippen LogP contribution in [0.1, 0.15) is 39.5 Å². The van der Waals surface area contributed by atoms with Crippen LogP contribution in [0.3, 0.4) is 0 Å². The molecule has 2 fully saturated rings. The van der Waals surface area contributed by atoms with Crippen molar-refractivity contribution in [2.24, 2.45) is 5.41 Å². The fourth-order valence-corrected chi connectivity index (χ4v) is 4.49. The maximum absolute atomic E-state index is 12.2. The summed E-state index contributed by atoms with van der Waals surface area (Å²) in [5.41, 5.74) is 0.207. The Morgan fingerprint density at radius 3 is 2.53 bits per heavy atom. The summed E-state index contributed by atoms with van der Waals surface area (Å²) in [4.78, 5) is 0. The van der Waals surface area contributed by atoms with Gasteiger partial charge in [0.1, 0.15) is 0 Å². The lowest BCUT2D eigenvalue weighted by atomic mass is 9.75. The zero-order chi connectivity index (χ0) is 12.5. The first-order chi connectivity index (χ1) is 7.96. The molecule has 0 aromatic heterocycles. The molecule has 0 aromatic rings. The molecule has 0 unspecified atom stereocenters. The molecule has 0 aliphatic carbocycles. The summed E-state index contributed by atoms with van der Waals surface area (Å²) in [6, 6.07) is 0. The highest BCUT2D eigenvalue weighted by Crippen LogP contribution is 2.37. The fraction of sp³-hybridized carbons (Fsp3) is 1.00. The highest BCUT2D eigenvalue weighted by Gasteiger charge is 2.40. The van der Waals surface area contributed by atoms with E-state index in [1.54, 1.807) is 18.2 Å². The van der Waals surface area contributed by atoms with Crippen molar-refractivity contribution in [1.82, 2.24) is 9.62 Å². The van der Waals surface area contributed by atoms with Crippen molar-refractivity contribution in [3.05, 3.63) is 0 Å². The summed E-state index contributed by atoms with van der Waals surface area (Å²) < 4.78 is 26.2. The van der Waals surface area contributed by atoms with Crippen LogP contribution < -0.4 is 5.32 Å². The van der Waals surface area contributed by atoms with Crippen LogP contribution >= 0.6 is 0 Å². The lowest BCUT2D eigenvalue weighted by Gasteiger charge is -2.45. The van der Waals surface area contributed by atoms with Gasteiger partial charge >= 0.3 is 0 Å². The van der Waals surface area contributed by atoms with Gasteiger partial charge in [-0.3, -0.25) is 0 Å². The monoisotopic (exact) mass is 260 g/mol. The summed E-state index contributed by atoms with van der Waals surface area (Å²) >= 11 is 0. The van der Waals surface area contributed by atoms with Crippen molar-refractivity contribution in [2.45, 2.75) is 44.8 Å². The maximum Gasteiger partial charge on any atom is 0.216 e. The van der Waals surface area contributed by atoms with Crippen molar-refractivity contribution in [1.29, 1.82) is 0 Å². The molecule has 1 atom stereocenters. The van der Waals surface area contributed by atoms with E-state index in [1.807, 2.05) is 0 Å². The molecule has 0 bridgehead atoms. The van der Waals surface area contributed by atoms with Crippen LogP contribution in [0.25, 0.3) is 0 Å². The van der Waals surface area contributed by atoms with Gasteiger partial charge in [-0.1, -0.05) is 0 Å². The van der Waals surface area contributed by atoms with E-state index in [0.29, 0.717) is 6.54 Å². The molecule has 17 heavy (non-hydrogen) atoms. The van der Waals surface area contributed by atoms with Gasteiger partial charge in [-0.05, 0) is 51.5 Å². The first-order valence-corrected chi connectivity index (χ1v) is 8.16. The summed E-state index contributed by atoms with van der Waals surface area (Å²) in [5, 5.41) is 3.13. The Balaban J connectivity index is 2.12. The smallest absolute Gasteiger partial charge is 0.216 e. The number of sulfonamides is 1. The van der Waals surface area contributed by atoms with E-state index in [9.17, 15) is 8.42 Å². The molecule has 2 saturated heterocycles. The lowest BCUT2D eigenvalue weighted by Crippen LogP contribution is -2.53. The van der Waals surface area contributed by atoms with Crippen LogP contribution in [0, 0.1) is 5.41 Å². The normalized spacial score (nSPS) is 32.2. The quantitative estimate of drug-likeness (QED) is 0.811. The second-order valence-electron chi connectivity index (χ2n) is 5.81. The number of rotatable bonds is 2. The number of nitrogens with one attached hydrogen (secondary N) is 1. The molecule has 100 valence electrons. The van der Waals surface area contributed by atoms with Crippen LogP contribution in [0.2, 0.25) is 0 Å². The minimum Gasteiger partial charge on any atom is -0.316 e. The third kappa shape index (κ3) is 2.66. The van der Waals surface area contributed by atoms with Crippen molar-refractivity contribution in [3.8, 4) is 0 Å². The van der Waals surface area contributed by atoms with Crippen molar-refractivity contribution in [3.63, 3.8) is 0 Å². The zero-order valence-electron chi connectivity index (χ0n) is 10.9. The Labute approximate surface area is 105 Å². The van der Waals surface area contributed by atoms with Crippen molar-refractivity contribution < 1.29 is 8.42 Å². The van der Waals surface area contributed by atoms with E-state index in [2.05, 4.69) is 5.32 Å². The summed E-state index contributed by atoms with van der Waals surface area (Å²) in [7, 11) is -3.07. The Bertz CT molecular complexity index is 353. The predicted octanol–water partition coefficient (Wildman–Crippen LogP) is 1.19. The Morgan fingerprint density at radius 1 is 1.24 bits per heavy atom. The number of hydrogen-bond donors (Lipinski definition) is 1. The van der Waals surface area contributed by atoms with Gasteiger partial charge in [0.05, 0.1) is 5.25 Å².